The zero-order valence-corrected chi connectivity index (χ0v) is 23.5. The third-order valence-electron chi connectivity index (χ3n) is 6.88. The quantitative estimate of drug-likeness (QED) is 0.140. The molecule has 12 heteroatoms. The fourth-order valence-corrected chi connectivity index (χ4v) is 4.65. The molecule has 0 fully saturated rings. The molecular weight excluding hydrogens is 580 g/mol. The minimum atomic E-state index is -0.862. The van der Waals surface area contributed by atoms with Crippen LogP contribution in [0.15, 0.2) is 60.7 Å². The summed E-state index contributed by atoms with van der Waals surface area (Å²) < 4.78 is 76.7. The van der Waals surface area contributed by atoms with Gasteiger partial charge in [0, 0.05) is 43.3 Å². The number of carbonyl (C=O) groups excluding carboxylic acids is 1. The summed E-state index contributed by atoms with van der Waals surface area (Å²) in [6, 6.07) is 14.8. The van der Waals surface area contributed by atoms with Crippen LogP contribution in [0, 0.1) is 34.6 Å². The molecule has 0 aliphatic heterocycles. The van der Waals surface area contributed by atoms with Gasteiger partial charge in [-0.3, -0.25) is 0 Å². The molecule has 0 saturated carbocycles. The molecule has 0 saturated heterocycles. The van der Waals surface area contributed by atoms with Gasteiger partial charge in [0.15, 0.2) is 0 Å². The van der Waals surface area contributed by atoms with Gasteiger partial charge in [-0.25, -0.2) is 32.3 Å². The first-order chi connectivity index (χ1) is 21.2. The summed E-state index contributed by atoms with van der Waals surface area (Å²) >= 11 is 0. The first-order valence-corrected chi connectivity index (χ1v) is 13.2. The van der Waals surface area contributed by atoms with E-state index in [1.54, 1.807) is 4.57 Å². The summed E-state index contributed by atoms with van der Waals surface area (Å²) in [5.41, 5.74) is 0.645. The van der Waals surface area contributed by atoms with Crippen LogP contribution in [-0.2, 0) is 29.0 Å². The van der Waals surface area contributed by atoms with Crippen molar-refractivity contribution in [1.82, 2.24) is 14.5 Å². The molecule has 0 N–H and O–H groups in total. The lowest BCUT2D eigenvalue weighted by Gasteiger charge is -2.12. The SMILES string of the molecule is COCCn1c(Cc2cc(F)c(-c3cccc(OCc4ccc(C#N)cc4F)n3)cc2F)nc2cc(F)c(C(=O)OC)cc21. The molecule has 224 valence electrons. The number of pyridine rings is 1. The number of halogens is 4. The highest BCUT2D eigenvalue weighted by atomic mass is 19.1. The van der Waals surface area contributed by atoms with Gasteiger partial charge in [-0.2, -0.15) is 5.26 Å². The molecule has 0 aliphatic carbocycles. The summed E-state index contributed by atoms with van der Waals surface area (Å²) in [7, 11) is 2.63. The van der Waals surface area contributed by atoms with E-state index in [1.807, 2.05) is 6.07 Å². The van der Waals surface area contributed by atoms with Gasteiger partial charge in [0.25, 0.3) is 0 Å². The first kappa shape index (κ1) is 30.2. The zero-order valence-electron chi connectivity index (χ0n) is 23.5. The number of aromatic nitrogens is 3. The van der Waals surface area contributed by atoms with Gasteiger partial charge in [0.2, 0.25) is 5.88 Å². The fraction of sp³-hybridized carbons (Fsp3) is 0.188. The van der Waals surface area contributed by atoms with Crippen LogP contribution in [-0.4, -0.2) is 41.3 Å². The van der Waals surface area contributed by atoms with Crippen LogP contribution in [0.25, 0.3) is 22.3 Å². The maximum absolute atomic E-state index is 15.4. The van der Waals surface area contributed by atoms with Gasteiger partial charge >= 0.3 is 5.97 Å². The Morgan fingerprint density at radius 1 is 0.909 bits per heavy atom. The maximum atomic E-state index is 15.4. The van der Waals surface area contributed by atoms with Crippen molar-refractivity contribution < 1.29 is 36.6 Å². The number of imidazole rings is 1. The number of nitrogens with zero attached hydrogens (tertiary/aromatic N) is 4. The van der Waals surface area contributed by atoms with Gasteiger partial charge in [-0.05, 0) is 42.0 Å². The van der Waals surface area contributed by atoms with Crippen LogP contribution in [0.2, 0.25) is 0 Å². The summed E-state index contributed by atoms with van der Waals surface area (Å²) in [4.78, 5) is 20.7. The van der Waals surface area contributed by atoms with Gasteiger partial charge in [0.05, 0.1) is 47.6 Å². The number of fused-ring (bicyclic) bond motifs is 1. The lowest BCUT2D eigenvalue weighted by atomic mass is 10.0. The van der Waals surface area contributed by atoms with Crippen molar-refractivity contribution in [3.63, 3.8) is 0 Å². The van der Waals surface area contributed by atoms with Crippen LogP contribution in [0.3, 0.4) is 0 Å². The number of rotatable bonds is 10. The number of carbonyl (C=O) groups is 1. The highest BCUT2D eigenvalue weighted by molar-refractivity contribution is 5.94. The number of esters is 1. The van der Waals surface area contributed by atoms with E-state index in [2.05, 4.69) is 14.7 Å². The van der Waals surface area contributed by atoms with Crippen molar-refractivity contribution in [2.45, 2.75) is 19.6 Å². The van der Waals surface area contributed by atoms with Gasteiger partial charge in [0.1, 0.15) is 35.7 Å². The summed E-state index contributed by atoms with van der Waals surface area (Å²) in [5, 5.41) is 8.90. The van der Waals surface area contributed by atoms with E-state index in [-0.39, 0.29) is 71.1 Å². The molecule has 0 radical (unpaired) electrons. The van der Waals surface area contributed by atoms with Gasteiger partial charge < -0.3 is 18.8 Å². The van der Waals surface area contributed by atoms with Gasteiger partial charge in [-0.1, -0.05) is 12.1 Å². The van der Waals surface area contributed by atoms with Crippen LogP contribution in [0.5, 0.6) is 5.88 Å². The molecule has 0 unspecified atom stereocenters. The number of benzene rings is 3. The molecular formula is C32H24F4N4O4. The first-order valence-electron chi connectivity index (χ1n) is 13.2. The Kier molecular flexibility index (Phi) is 8.87. The second-order valence-electron chi connectivity index (χ2n) is 9.65. The summed E-state index contributed by atoms with van der Waals surface area (Å²) in [6.07, 6.45) is -0.149. The van der Waals surface area contributed by atoms with Crippen molar-refractivity contribution in [2.75, 3.05) is 20.8 Å². The van der Waals surface area contributed by atoms with E-state index in [4.69, 9.17) is 14.7 Å². The molecule has 0 aliphatic rings. The standard InChI is InChI=1S/C32H24F4N4O4/c1-42-9-8-40-29-14-22(32(41)43-2)26(36)15-28(29)38-30(40)12-20-11-25(35)21(13-24(20)34)27-4-3-5-31(39-27)44-17-19-7-6-18(16-37)10-23(19)33/h3-7,10-11,13-15H,8-9,12,17H2,1-2H3. The van der Waals surface area contributed by atoms with E-state index in [1.165, 1.54) is 43.5 Å². The summed E-state index contributed by atoms with van der Waals surface area (Å²) in [5.74, 6) is -3.45. The minimum Gasteiger partial charge on any atom is -0.473 e. The van der Waals surface area contributed by atoms with E-state index >= 15 is 8.78 Å². The fourth-order valence-electron chi connectivity index (χ4n) is 4.65. The molecule has 0 bridgehead atoms. The minimum absolute atomic E-state index is 0.0161. The highest BCUT2D eigenvalue weighted by Gasteiger charge is 2.21. The molecule has 44 heavy (non-hydrogen) atoms. The molecule has 0 atom stereocenters. The van der Waals surface area contributed by atoms with Crippen LogP contribution in [0.1, 0.15) is 32.9 Å². The van der Waals surface area contributed by atoms with E-state index in [0.29, 0.717) is 11.3 Å². The van der Waals surface area contributed by atoms with E-state index < -0.39 is 29.2 Å². The predicted octanol–water partition coefficient (Wildman–Crippen LogP) is 6.13. The second-order valence-corrected chi connectivity index (χ2v) is 9.65. The van der Waals surface area contributed by atoms with E-state index in [0.717, 1.165) is 31.4 Å². The Morgan fingerprint density at radius 3 is 2.43 bits per heavy atom. The normalized spacial score (nSPS) is 11.0. The molecule has 3 aromatic carbocycles. The Morgan fingerprint density at radius 2 is 1.70 bits per heavy atom. The predicted molar refractivity (Wildman–Crippen MR) is 151 cm³/mol. The summed E-state index contributed by atoms with van der Waals surface area (Å²) in [6.45, 7) is 0.291. The largest absolute Gasteiger partial charge is 0.473 e. The number of ether oxygens (including phenoxy) is 3. The highest BCUT2D eigenvalue weighted by Crippen LogP contribution is 2.29. The van der Waals surface area contributed by atoms with Crippen molar-refractivity contribution in [3.8, 4) is 23.2 Å². The molecule has 2 heterocycles. The van der Waals surface area contributed by atoms with Crippen molar-refractivity contribution in [1.29, 1.82) is 5.26 Å². The number of methoxy groups -OCH3 is 2. The number of nitriles is 1. The van der Waals surface area contributed by atoms with Crippen molar-refractivity contribution >= 4 is 17.0 Å². The van der Waals surface area contributed by atoms with Crippen molar-refractivity contribution in [3.05, 3.63) is 112 Å². The second kappa shape index (κ2) is 12.9. The Balaban J connectivity index is 1.42. The molecule has 0 amide bonds. The lowest BCUT2D eigenvalue weighted by Crippen LogP contribution is -2.10. The van der Waals surface area contributed by atoms with Gasteiger partial charge in [-0.15, -0.1) is 0 Å². The Bertz CT molecular complexity index is 1920. The average Bonchev–Trinajstić information content (AvgIpc) is 3.35. The monoisotopic (exact) mass is 604 g/mol. The number of hydrogen-bond donors (Lipinski definition) is 0. The van der Waals surface area contributed by atoms with Crippen LogP contribution < -0.4 is 4.74 Å². The smallest absolute Gasteiger partial charge is 0.340 e. The van der Waals surface area contributed by atoms with Crippen LogP contribution in [0.4, 0.5) is 17.6 Å². The number of hydrogen-bond acceptors (Lipinski definition) is 7. The third-order valence-corrected chi connectivity index (χ3v) is 6.88. The third kappa shape index (κ3) is 6.23. The molecule has 8 nitrogen and oxygen atoms in total. The molecule has 2 aromatic heterocycles. The maximum Gasteiger partial charge on any atom is 0.340 e. The topological polar surface area (TPSA) is 99.3 Å². The average molecular weight is 605 g/mol. The Hall–Kier alpha value is -5.28. The lowest BCUT2D eigenvalue weighted by molar-refractivity contribution is 0.0595. The molecule has 0 spiro atoms. The molecule has 5 rings (SSSR count). The zero-order chi connectivity index (χ0) is 31.4. The van der Waals surface area contributed by atoms with Crippen LogP contribution >= 0.6 is 0 Å². The molecule has 5 aromatic rings. The Labute approximate surface area is 249 Å². The van der Waals surface area contributed by atoms with Crippen molar-refractivity contribution in [2.24, 2.45) is 0 Å². The van der Waals surface area contributed by atoms with E-state index in [9.17, 15) is 13.6 Å².